The molecule has 0 aliphatic rings. The topological polar surface area (TPSA) is 14.1 Å². The van der Waals surface area contributed by atoms with Crippen molar-refractivity contribution in [2.45, 2.75) is 120 Å². The van der Waals surface area contributed by atoms with Crippen LogP contribution in [0, 0.1) is 97.1 Å². The van der Waals surface area contributed by atoms with Gasteiger partial charge in [0.2, 0.25) is 0 Å². The molecule has 0 bridgehead atoms. The number of fused-ring (bicyclic) bond motifs is 3. The second-order valence-electron chi connectivity index (χ2n) is 8.34. The summed E-state index contributed by atoms with van der Waals surface area (Å²) in [7, 11) is 0. The number of aryl methyl sites for hydroxylation is 4. The maximum absolute atomic E-state index is 5.04. The Bertz CT molecular complexity index is 1050. The molecule has 0 saturated heterocycles. The van der Waals surface area contributed by atoms with Crippen molar-refractivity contribution < 1.29 is 35.6 Å². The van der Waals surface area contributed by atoms with Gasteiger partial charge in [-0.15, -0.1) is 11.0 Å². The van der Waals surface area contributed by atoms with Gasteiger partial charge in [-0.3, -0.25) is 0 Å². The Morgan fingerprint density at radius 2 is 0.757 bits per heavy atom. The Morgan fingerprint density at radius 1 is 0.486 bits per heavy atom. The van der Waals surface area contributed by atoms with Gasteiger partial charge in [0.05, 0.1) is 0 Å². The largest absolute Gasteiger partial charge is 0.656 e. The normalized spacial score (nSPS) is 8.49. The van der Waals surface area contributed by atoms with E-state index >= 15 is 0 Å². The molecular weight excluding hydrogens is 573 g/mol. The number of hydrogen-bond donors (Lipinski definition) is 0. The molecule has 1 heterocycles. The summed E-state index contributed by atoms with van der Waals surface area (Å²) >= 11 is 0. The third kappa shape index (κ3) is 10.0. The molecule has 37 heavy (non-hydrogen) atoms. The quantitative estimate of drug-likeness (QED) is 0.176. The smallest absolute Gasteiger partial charge is 0 e. The number of aromatic nitrogens is 1. The summed E-state index contributed by atoms with van der Waals surface area (Å²) in [6, 6.07) is 12.5. The van der Waals surface area contributed by atoms with Crippen molar-refractivity contribution in [3.05, 3.63) is 80.9 Å². The molecule has 0 aliphatic heterocycles. The van der Waals surface area contributed by atoms with Crippen LogP contribution in [-0.2, 0) is 0 Å². The number of rotatable bonds is 0. The molecule has 211 valence electrons. The van der Waals surface area contributed by atoms with Crippen LogP contribution in [0.5, 0.6) is 0 Å². The Kier molecular flexibility index (Phi) is 28.4. The fraction of sp³-hybridized carbons (Fsp3) is 0.486. The van der Waals surface area contributed by atoms with Crippen LogP contribution in [0.15, 0.2) is 30.3 Å². The Hall–Kier alpha value is -1.35. The summed E-state index contributed by atoms with van der Waals surface area (Å²) in [4.78, 5) is 5.04. The second kappa shape index (κ2) is 21.6. The molecule has 0 unspecified atom stereocenters. The van der Waals surface area contributed by atoms with Crippen LogP contribution < -0.4 is 4.98 Å². The van der Waals surface area contributed by atoms with E-state index in [0.717, 1.165) is 0 Å². The second-order valence-corrected chi connectivity index (χ2v) is 8.34. The van der Waals surface area contributed by atoms with Crippen molar-refractivity contribution in [3.63, 3.8) is 0 Å². The summed E-state index contributed by atoms with van der Waals surface area (Å²) < 4.78 is 0. The standard InChI is InChI=1S/C20H24N.C6H5.C3H8.6CH4.La/c1-9-11(3)15(7)19-17(13(9)5)18-14(6)10(2)12(4)16(8)20(18)21-19;1-2-4-6-5-3-1;1-3-2;;;;;;;/h1-8H3;1-5H;3H2,1-2H3;6*1H4;/q2*-1;;;;;;;;. The minimum Gasteiger partial charge on any atom is -0.656 e. The van der Waals surface area contributed by atoms with Gasteiger partial charge in [0.1, 0.15) is 0 Å². The van der Waals surface area contributed by atoms with Crippen LogP contribution in [0.3, 0.4) is 0 Å². The van der Waals surface area contributed by atoms with Crippen LogP contribution in [0.2, 0.25) is 0 Å². The first kappa shape index (κ1) is 48.7. The van der Waals surface area contributed by atoms with Crippen molar-refractivity contribution in [3.8, 4) is 0 Å². The van der Waals surface area contributed by atoms with Crippen LogP contribution in [0.4, 0.5) is 0 Å². The van der Waals surface area contributed by atoms with Gasteiger partial charge in [-0.05, 0) is 99.5 Å². The molecule has 1 aromatic heterocycles. The molecule has 2 heteroatoms. The molecule has 0 N–H and O–H groups in total. The van der Waals surface area contributed by atoms with E-state index in [0.29, 0.717) is 0 Å². The van der Waals surface area contributed by atoms with E-state index in [9.17, 15) is 0 Å². The SMILES string of the molecule is C.C.C.C.C.C.CCC.Cc1c(C)c(C)c2c([n-]c3c(C)c(C)c(C)c(C)c32)c1C.[La].[c-]1ccccc1. The van der Waals surface area contributed by atoms with E-state index in [2.05, 4.69) is 75.3 Å². The molecule has 3 aromatic carbocycles. The van der Waals surface area contributed by atoms with E-state index in [1.165, 1.54) is 72.7 Å². The molecule has 0 spiro atoms. The first-order valence-corrected chi connectivity index (χ1v) is 11.0. The fourth-order valence-corrected chi connectivity index (χ4v) is 3.93. The van der Waals surface area contributed by atoms with Crippen molar-refractivity contribution in [1.82, 2.24) is 4.98 Å². The van der Waals surface area contributed by atoms with Crippen LogP contribution in [0.1, 0.15) is 109 Å². The molecule has 0 fully saturated rings. The Morgan fingerprint density at radius 3 is 0.973 bits per heavy atom. The average molecular weight is 635 g/mol. The monoisotopic (exact) mass is 634 g/mol. The Labute approximate surface area is 261 Å². The summed E-state index contributed by atoms with van der Waals surface area (Å²) in [6.07, 6.45) is 1.25. The number of benzene rings is 3. The van der Waals surface area contributed by atoms with Crippen LogP contribution in [-0.4, -0.2) is 0 Å². The molecule has 1 radical (unpaired) electrons. The molecule has 4 aromatic rings. The zero-order valence-corrected chi connectivity index (χ0v) is 24.7. The van der Waals surface area contributed by atoms with Gasteiger partial charge in [-0.1, -0.05) is 76.0 Å². The van der Waals surface area contributed by atoms with Gasteiger partial charge in [0, 0.05) is 35.6 Å². The van der Waals surface area contributed by atoms with Gasteiger partial charge in [0.25, 0.3) is 0 Å². The molecule has 0 aliphatic carbocycles. The minimum absolute atomic E-state index is 0. The minimum atomic E-state index is 0. The van der Waals surface area contributed by atoms with Crippen LogP contribution in [0.25, 0.3) is 21.8 Å². The maximum Gasteiger partial charge on any atom is 0 e. The summed E-state index contributed by atoms with van der Waals surface area (Å²) in [5, 5.41) is 2.74. The van der Waals surface area contributed by atoms with E-state index < -0.39 is 0 Å². The predicted octanol–water partition coefficient (Wildman–Crippen LogP) is 12.1. The molecule has 0 amide bonds. The maximum atomic E-state index is 5.04. The van der Waals surface area contributed by atoms with Crippen LogP contribution >= 0.6 is 0 Å². The zero-order chi connectivity index (χ0) is 22.6. The molecule has 4 rings (SSSR count). The van der Waals surface area contributed by atoms with E-state index in [1.54, 1.807) is 0 Å². The predicted molar refractivity (Wildman–Crippen MR) is 174 cm³/mol. The van der Waals surface area contributed by atoms with Gasteiger partial charge in [-0.2, -0.15) is 36.4 Å². The van der Waals surface area contributed by atoms with Crippen molar-refractivity contribution in [2.24, 2.45) is 0 Å². The zero-order valence-electron chi connectivity index (χ0n) is 21.1. The number of nitrogens with zero attached hydrogens (tertiary/aromatic N) is 1. The first-order valence-electron chi connectivity index (χ1n) is 11.0. The van der Waals surface area contributed by atoms with Crippen molar-refractivity contribution >= 4 is 21.8 Å². The van der Waals surface area contributed by atoms with E-state index in [4.69, 9.17) is 4.98 Å². The van der Waals surface area contributed by atoms with Crippen molar-refractivity contribution in [2.75, 3.05) is 0 Å². The average Bonchev–Trinajstić information content (AvgIpc) is 3.16. The Balaban J connectivity index is -0.000000131. The summed E-state index contributed by atoms with van der Waals surface area (Å²) in [5.74, 6) is 0. The van der Waals surface area contributed by atoms with Crippen molar-refractivity contribution in [1.29, 1.82) is 0 Å². The van der Waals surface area contributed by atoms with Gasteiger partial charge >= 0.3 is 0 Å². The molecular formula is C35H61LaN-2. The number of hydrogen-bond acceptors (Lipinski definition) is 0. The summed E-state index contributed by atoms with van der Waals surface area (Å²) in [6.45, 7) is 22.1. The van der Waals surface area contributed by atoms with Gasteiger partial charge in [0.15, 0.2) is 0 Å². The molecule has 0 saturated carbocycles. The summed E-state index contributed by atoms with van der Waals surface area (Å²) in [5.41, 5.74) is 13.4. The first-order chi connectivity index (χ1) is 14.2. The van der Waals surface area contributed by atoms with Gasteiger partial charge in [-0.25, -0.2) is 0 Å². The fourth-order valence-electron chi connectivity index (χ4n) is 3.93. The third-order valence-corrected chi connectivity index (χ3v) is 6.39. The molecule has 0 atom stereocenters. The van der Waals surface area contributed by atoms with Gasteiger partial charge < -0.3 is 4.98 Å². The molecule has 1 nitrogen and oxygen atoms in total. The van der Waals surface area contributed by atoms with E-state index in [1.807, 2.05) is 30.3 Å². The third-order valence-electron chi connectivity index (χ3n) is 6.39. The van der Waals surface area contributed by atoms with E-state index in [-0.39, 0.29) is 80.2 Å².